The second-order valence-electron chi connectivity index (χ2n) is 4.57. The van der Waals surface area contributed by atoms with Gasteiger partial charge in [-0.25, -0.2) is 0 Å². The molecule has 1 aromatic carbocycles. The largest absolute Gasteiger partial charge is 0.488 e. The lowest BCUT2D eigenvalue weighted by molar-refractivity contribution is 0.227. The normalized spacial score (nSPS) is 17.2. The van der Waals surface area contributed by atoms with Gasteiger partial charge in [-0.2, -0.15) is 0 Å². The molecule has 1 atom stereocenters. The second-order valence-corrected chi connectivity index (χ2v) is 5.00. The molecule has 1 aliphatic rings. The molecular formula is C13H15ClN4O. The summed E-state index contributed by atoms with van der Waals surface area (Å²) in [6, 6.07) is 5.78. The van der Waals surface area contributed by atoms with Gasteiger partial charge in [0.15, 0.2) is 0 Å². The summed E-state index contributed by atoms with van der Waals surface area (Å²) in [6.07, 6.45) is 4.63. The number of hydrogen-bond acceptors (Lipinski definition) is 4. The van der Waals surface area contributed by atoms with Crippen LogP contribution in [0.25, 0.3) is 0 Å². The SMILES string of the molecule is Clc1ccc2c(c1)CC(CNCCn1ccnn1)O2. The maximum atomic E-state index is 5.97. The van der Waals surface area contributed by atoms with Crippen molar-refractivity contribution in [3.8, 4) is 5.75 Å². The molecule has 1 aliphatic heterocycles. The Labute approximate surface area is 116 Å². The summed E-state index contributed by atoms with van der Waals surface area (Å²) < 4.78 is 7.65. The third kappa shape index (κ3) is 3.05. The van der Waals surface area contributed by atoms with Gasteiger partial charge in [-0.05, 0) is 23.8 Å². The monoisotopic (exact) mass is 278 g/mol. The highest BCUT2D eigenvalue weighted by Crippen LogP contribution is 2.30. The van der Waals surface area contributed by atoms with Crippen molar-refractivity contribution in [2.24, 2.45) is 0 Å². The van der Waals surface area contributed by atoms with E-state index in [1.807, 2.05) is 24.4 Å². The van der Waals surface area contributed by atoms with E-state index in [9.17, 15) is 0 Å². The number of nitrogens with zero attached hydrogens (tertiary/aromatic N) is 3. The highest BCUT2D eigenvalue weighted by Gasteiger charge is 2.22. The molecule has 0 bridgehead atoms. The molecule has 2 aromatic rings. The lowest BCUT2D eigenvalue weighted by Crippen LogP contribution is -2.32. The Hall–Kier alpha value is -1.59. The van der Waals surface area contributed by atoms with E-state index in [0.29, 0.717) is 0 Å². The molecule has 1 aromatic heterocycles. The Morgan fingerprint density at radius 1 is 1.47 bits per heavy atom. The van der Waals surface area contributed by atoms with E-state index < -0.39 is 0 Å². The molecule has 1 unspecified atom stereocenters. The zero-order valence-electron chi connectivity index (χ0n) is 10.4. The molecule has 0 saturated heterocycles. The van der Waals surface area contributed by atoms with Gasteiger partial charge in [0.25, 0.3) is 0 Å². The third-order valence-corrected chi connectivity index (χ3v) is 3.36. The van der Waals surface area contributed by atoms with Gasteiger partial charge in [0.05, 0.1) is 12.7 Å². The minimum absolute atomic E-state index is 0.184. The molecule has 0 amide bonds. The van der Waals surface area contributed by atoms with Crippen LogP contribution >= 0.6 is 11.6 Å². The summed E-state index contributed by atoms with van der Waals surface area (Å²) in [5.74, 6) is 0.951. The van der Waals surface area contributed by atoms with Crippen molar-refractivity contribution in [1.29, 1.82) is 0 Å². The number of fused-ring (bicyclic) bond motifs is 1. The standard InChI is InChI=1S/C13H15ClN4O/c14-11-1-2-13-10(7-11)8-12(19-13)9-15-3-5-18-6-4-16-17-18/h1-2,4,6-7,12,15H,3,5,8-9H2. The second kappa shape index (κ2) is 5.59. The topological polar surface area (TPSA) is 52.0 Å². The van der Waals surface area contributed by atoms with E-state index >= 15 is 0 Å². The highest BCUT2D eigenvalue weighted by atomic mass is 35.5. The maximum Gasteiger partial charge on any atom is 0.123 e. The van der Waals surface area contributed by atoms with E-state index in [0.717, 1.165) is 36.8 Å². The first-order valence-electron chi connectivity index (χ1n) is 6.31. The summed E-state index contributed by atoms with van der Waals surface area (Å²) in [5.41, 5.74) is 1.19. The van der Waals surface area contributed by atoms with E-state index in [1.165, 1.54) is 5.56 Å². The fourth-order valence-corrected chi connectivity index (χ4v) is 2.41. The summed E-state index contributed by atoms with van der Waals surface area (Å²) in [4.78, 5) is 0. The number of nitrogens with one attached hydrogen (secondary N) is 1. The predicted octanol–water partition coefficient (Wildman–Crippen LogP) is 1.52. The molecule has 0 spiro atoms. The number of benzene rings is 1. The van der Waals surface area contributed by atoms with Crippen LogP contribution in [0.15, 0.2) is 30.6 Å². The zero-order chi connectivity index (χ0) is 13.1. The first kappa shape index (κ1) is 12.4. The number of hydrogen-bond donors (Lipinski definition) is 1. The van der Waals surface area contributed by atoms with Gasteiger partial charge in [0.2, 0.25) is 0 Å². The first-order chi connectivity index (χ1) is 9.31. The molecule has 3 rings (SSSR count). The van der Waals surface area contributed by atoms with E-state index in [2.05, 4.69) is 15.6 Å². The van der Waals surface area contributed by atoms with Crippen LogP contribution in [0.2, 0.25) is 5.02 Å². The van der Waals surface area contributed by atoms with Crippen molar-refractivity contribution in [3.63, 3.8) is 0 Å². The molecule has 2 heterocycles. The van der Waals surface area contributed by atoms with Crippen LogP contribution in [0.5, 0.6) is 5.75 Å². The number of rotatable bonds is 5. The van der Waals surface area contributed by atoms with Crippen molar-refractivity contribution in [1.82, 2.24) is 20.3 Å². The highest BCUT2D eigenvalue weighted by molar-refractivity contribution is 6.30. The Morgan fingerprint density at radius 2 is 2.42 bits per heavy atom. The van der Waals surface area contributed by atoms with Gasteiger partial charge in [0.1, 0.15) is 11.9 Å². The quantitative estimate of drug-likeness (QED) is 0.843. The van der Waals surface area contributed by atoms with Crippen molar-refractivity contribution in [2.45, 2.75) is 19.1 Å². The molecule has 0 fully saturated rings. The van der Waals surface area contributed by atoms with Gasteiger partial charge in [-0.15, -0.1) is 5.10 Å². The van der Waals surface area contributed by atoms with Crippen LogP contribution in [0, 0.1) is 0 Å². The van der Waals surface area contributed by atoms with Gasteiger partial charge < -0.3 is 10.1 Å². The Morgan fingerprint density at radius 3 is 3.26 bits per heavy atom. The van der Waals surface area contributed by atoms with Crippen molar-refractivity contribution < 1.29 is 4.74 Å². The molecule has 0 saturated carbocycles. The Bertz CT molecular complexity index is 544. The third-order valence-electron chi connectivity index (χ3n) is 3.13. The van der Waals surface area contributed by atoms with E-state index in [4.69, 9.17) is 16.3 Å². The van der Waals surface area contributed by atoms with Gasteiger partial charge in [-0.1, -0.05) is 16.8 Å². The van der Waals surface area contributed by atoms with Crippen LogP contribution in [0.3, 0.4) is 0 Å². The first-order valence-corrected chi connectivity index (χ1v) is 6.69. The molecule has 1 N–H and O–H groups in total. The lowest BCUT2D eigenvalue weighted by atomic mass is 10.1. The maximum absolute atomic E-state index is 5.97. The van der Waals surface area contributed by atoms with Crippen molar-refractivity contribution in [2.75, 3.05) is 13.1 Å². The summed E-state index contributed by atoms with van der Waals surface area (Å²) >= 11 is 5.97. The molecule has 6 heteroatoms. The lowest BCUT2D eigenvalue weighted by Gasteiger charge is -2.11. The molecule has 0 radical (unpaired) electrons. The number of ether oxygens (including phenoxy) is 1. The van der Waals surface area contributed by atoms with Crippen molar-refractivity contribution >= 4 is 11.6 Å². The van der Waals surface area contributed by atoms with Gasteiger partial charge in [0, 0.05) is 30.7 Å². The smallest absolute Gasteiger partial charge is 0.123 e. The van der Waals surface area contributed by atoms with E-state index in [1.54, 1.807) is 10.9 Å². The Balaban J connectivity index is 1.43. The van der Waals surface area contributed by atoms with Crippen LogP contribution in [-0.4, -0.2) is 34.2 Å². The zero-order valence-corrected chi connectivity index (χ0v) is 11.2. The van der Waals surface area contributed by atoms with Gasteiger partial charge >= 0.3 is 0 Å². The van der Waals surface area contributed by atoms with Crippen LogP contribution < -0.4 is 10.1 Å². The van der Waals surface area contributed by atoms with Crippen molar-refractivity contribution in [3.05, 3.63) is 41.2 Å². The summed E-state index contributed by atoms with van der Waals surface area (Å²) in [6.45, 7) is 2.48. The minimum Gasteiger partial charge on any atom is -0.488 e. The average Bonchev–Trinajstić information content (AvgIpc) is 3.02. The summed E-state index contributed by atoms with van der Waals surface area (Å²) in [5, 5.41) is 11.8. The number of aromatic nitrogens is 3. The molecule has 5 nitrogen and oxygen atoms in total. The summed E-state index contributed by atoms with van der Waals surface area (Å²) in [7, 11) is 0. The van der Waals surface area contributed by atoms with Crippen LogP contribution in [0.1, 0.15) is 5.56 Å². The van der Waals surface area contributed by atoms with Crippen LogP contribution in [-0.2, 0) is 13.0 Å². The Kier molecular flexibility index (Phi) is 3.66. The fraction of sp³-hybridized carbons (Fsp3) is 0.385. The average molecular weight is 279 g/mol. The minimum atomic E-state index is 0.184. The molecule has 0 aliphatic carbocycles. The molecule has 100 valence electrons. The van der Waals surface area contributed by atoms with Gasteiger partial charge in [-0.3, -0.25) is 4.68 Å². The molecular weight excluding hydrogens is 264 g/mol. The fourth-order valence-electron chi connectivity index (χ4n) is 2.21. The number of halogens is 1. The predicted molar refractivity (Wildman–Crippen MR) is 72.5 cm³/mol. The molecule has 19 heavy (non-hydrogen) atoms. The van der Waals surface area contributed by atoms with Crippen LogP contribution in [0.4, 0.5) is 0 Å². The van der Waals surface area contributed by atoms with E-state index in [-0.39, 0.29) is 6.10 Å².